The molecule has 1 fully saturated rings. The minimum Gasteiger partial charge on any atom is -0.310 e. The molecular formula is C11H14N. The van der Waals surface area contributed by atoms with Crippen LogP contribution in [0.3, 0.4) is 0 Å². The highest BCUT2D eigenvalue weighted by molar-refractivity contribution is 5.12. The Morgan fingerprint density at radius 3 is 2.92 bits per heavy atom. The minimum absolute atomic E-state index is 0.776. The second-order valence-electron chi connectivity index (χ2n) is 3.40. The van der Waals surface area contributed by atoms with E-state index in [0.717, 1.165) is 12.6 Å². The molecule has 1 aromatic rings. The molecule has 1 aliphatic carbocycles. The van der Waals surface area contributed by atoms with Gasteiger partial charge in [-0.1, -0.05) is 30.7 Å². The van der Waals surface area contributed by atoms with E-state index < -0.39 is 0 Å². The van der Waals surface area contributed by atoms with E-state index in [1.807, 2.05) is 12.1 Å². The van der Waals surface area contributed by atoms with Crippen LogP contribution < -0.4 is 5.32 Å². The Morgan fingerprint density at radius 2 is 2.33 bits per heavy atom. The monoisotopic (exact) mass is 160 g/mol. The van der Waals surface area contributed by atoms with Gasteiger partial charge in [0.15, 0.2) is 0 Å². The summed E-state index contributed by atoms with van der Waals surface area (Å²) < 4.78 is 0. The summed E-state index contributed by atoms with van der Waals surface area (Å²) in [6.45, 7) is 0.978. The van der Waals surface area contributed by atoms with Crippen LogP contribution in [0, 0.1) is 6.07 Å². The van der Waals surface area contributed by atoms with Crippen molar-refractivity contribution in [1.82, 2.24) is 5.32 Å². The minimum atomic E-state index is 0.776. The Balaban J connectivity index is 1.79. The maximum absolute atomic E-state index is 3.50. The van der Waals surface area contributed by atoms with E-state index in [4.69, 9.17) is 0 Å². The van der Waals surface area contributed by atoms with Gasteiger partial charge in [0.25, 0.3) is 0 Å². The lowest BCUT2D eigenvalue weighted by atomic mass is 9.93. The molecule has 0 atom stereocenters. The molecule has 1 N–H and O–H groups in total. The second kappa shape index (κ2) is 3.72. The van der Waals surface area contributed by atoms with Crippen molar-refractivity contribution < 1.29 is 0 Å². The molecule has 1 heteroatoms. The standard InChI is InChI=1S/C11H14N/c1-2-5-10(6-3-1)9-12-11-7-4-8-11/h1-3,5,11-12H,4,7-9H2. The van der Waals surface area contributed by atoms with Gasteiger partial charge in [0.2, 0.25) is 0 Å². The zero-order valence-corrected chi connectivity index (χ0v) is 7.22. The summed E-state index contributed by atoms with van der Waals surface area (Å²) in [5.41, 5.74) is 1.27. The fourth-order valence-corrected chi connectivity index (χ4v) is 1.41. The number of hydrogen-bond donors (Lipinski definition) is 1. The largest absolute Gasteiger partial charge is 0.310 e. The zero-order chi connectivity index (χ0) is 8.23. The average molecular weight is 160 g/mol. The first-order valence-electron chi connectivity index (χ1n) is 4.64. The smallest absolute Gasteiger partial charge is 0.0214 e. The lowest BCUT2D eigenvalue weighted by molar-refractivity contribution is 0.338. The summed E-state index contributed by atoms with van der Waals surface area (Å²) in [6.07, 6.45) is 4.11. The highest BCUT2D eigenvalue weighted by atomic mass is 14.9. The van der Waals surface area contributed by atoms with E-state index in [0.29, 0.717) is 0 Å². The van der Waals surface area contributed by atoms with Crippen molar-refractivity contribution >= 4 is 0 Å². The Labute approximate surface area is 73.8 Å². The van der Waals surface area contributed by atoms with Crippen LogP contribution in [0.25, 0.3) is 0 Å². The van der Waals surface area contributed by atoms with Crippen molar-refractivity contribution in [2.45, 2.75) is 31.8 Å². The first-order chi connectivity index (χ1) is 5.95. The molecule has 1 radical (unpaired) electrons. The number of rotatable bonds is 3. The quantitative estimate of drug-likeness (QED) is 0.714. The summed E-state index contributed by atoms with van der Waals surface area (Å²) in [5.74, 6) is 0. The van der Waals surface area contributed by atoms with Crippen LogP contribution in [0.15, 0.2) is 24.3 Å². The van der Waals surface area contributed by atoms with E-state index in [2.05, 4.69) is 23.5 Å². The van der Waals surface area contributed by atoms with Crippen LogP contribution in [-0.4, -0.2) is 6.04 Å². The first kappa shape index (κ1) is 7.81. The lowest BCUT2D eigenvalue weighted by Gasteiger charge is -2.26. The molecule has 12 heavy (non-hydrogen) atoms. The molecule has 0 unspecified atom stereocenters. The number of benzene rings is 1. The topological polar surface area (TPSA) is 12.0 Å². The van der Waals surface area contributed by atoms with Gasteiger partial charge in [-0.3, -0.25) is 0 Å². The van der Waals surface area contributed by atoms with Crippen molar-refractivity contribution in [2.75, 3.05) is 0 Å². The van der Waals surface area contributed by atoms with Gasteiger partial charge < -0.3 is 5.32 Å². The molecule has 0 amide bonds. The van der Waals surface area contributed by atoms with Crippen LogP contribution in [0.4, 0.5) is 0 Å². The molecule has 1 aromatic carbocycles. The van der Waals surface area contributed by atoms with Crippen LogP contribution in [0.1, 0.15) is 24.8 Å². The molecule has 1 aliphatic rings. The lowest BCUT2D eigenvalue weighted by Crippen LogP contribution is -2.34. The summed E-state index contributed by atoms with van der Waals surface area (Å²) in [5, 5.41) is 3.50. The Morgan fingerprint density at radius 1 is 1.42 bits per heavy atom. The maximum Gasteiger partial charge on any atom is 0.0214 e. The average Bonchev–Trinajstić information content (AvgIpc) is 2.04. The van der Waals surface area contributed by atoms with Crippen molar-refractivity contribution in [3.8, 4) is 0 Å². The molecule has 1 nitrogen and oxygen atoms in total. The van der Waals surface area contributed by atoms with Gasteiger partial charge in [-0.15, -0.1) is 0 Å². The summed E-state index contributed by atoms with van der Waals surface area (Å²) in [4.78, 5) is 0. The van der Waals surface area contributed by atoms with Crippen LogP contribution >= 0.6 is 0 Å². The third-order valence-corrected chi connectivity index (χ3v) is 2.46. The van der Waals surface area contributed by atoms with E-state index in [-0.39, 0.29) is 0 Å². The van der Waals surface area contributed by atoms with Gasteiger partial charge in [-0.2, -0.15) is 0 Å². The van der Waals surface area contributed by atoms with Crippen LogP contribution in [0.5, 0.6) is 0 Å². The number of hydrogen-bond acceptors (Lipinski definition) is 1. The third-order valence-electron chi connectivity index (χ3n) is 2.46. The zero-order valence-electron chi connectivity index (χ0n) is 7.22. The molecule has 0 aliphatic heterocycles. The van der Waals surface area contributed by atoms with Crippen LogP contribution in [0.2, 0.25) is 0 Å². The maximum atomic E-state index is 3.50. The Bertz CT molecular complexity index is 226. The van der Waals surface area contributed by atoms with Crippen molar-refractivity contribution in [2.24, 2.45) is 0 Å². The van der Waals surface area contributed by atoms with Gasteiger partial charge >= 0.3 is 0 Å². The molecule has 1 saturated carbocycles. The predicted octanol–water partition coefficient (Wildman–Crippen LogP) is 2.13. The first-order valence-corrected chi connectivity index (χ1v) is 4.64. The molecular weight excluding hydrogens is 146 g/mol. The molecule has 0 heterocycles. The van der Waals surface area contributed by atoms with Gasteiger partial charge in [0.05, 0.1) is 0 Å². The van der Waals surface area contributed by atoms with Gasteiger partial charge in [-0.25, -0.2) is 0 Å². The summed E-state index contributed by atoms with van der Waals surface area (Å²) in [6, 6.07) is 12.1. The van der Waals surface area contributed by atoms with Gasteiger partial charge in [0.1, 0.15) is 0 Å². The van der Waals surface area contributed by atoms with Crippen molar-refractivity contribution in [3.05, 3.63) is 35.9 Å². The molecule has 0 spiro atoms. The summed E-state index contributed by atoms with van der Waals surface area (Å²) in [7, 11) is 0. The number of nitrogens with one attached hydrogen (secondary N) is 1. The highest BCUT2D eigenvalue weighted by Gasteiger charge is 2.15. The van der Waals surface area contributed by atoms with Gasteiger partial charge in [0, 0.05) is 12.6 Å². The Hall–Kier alpha value is -0.820. The highest BCUT2D eigenvalue weighted by Crippen LogP contribution is 2.18. The predicted molar refractivity (Wildman–Crippen MR) is 49.8 cm³/mol. The fraction of sp³-hybridized carbons (Fsp3) is 0.455. The summed E-state index contributed by atoms with van der Waals surface area (Å²) >= 11 is 0. The molecule has 63 valence electrons. The van der Waals surface area contributed by atoms with Crippen molar-refractivity contribution in [1.29, 1.82) is 0 Å². The van der Waals surface area contributed by atoms with Gasteiger partial charge in [-0.05, 0) is 24.5 Å². The molecule has 0 bridgehead atoms. The SMILES string of the molecule is [c]1ccccc1CNC1CCC1. The fourth-order valence-electron chi connectivity index (χ4n) is 1.41. The second-order valence-corrected chi connectivity index (χ2v) is 3.40. The molecule has 0 saturated heterocycles. The van der Waals surface area contributed by atoms with Crippen LogP contribution in [-0.2, 0) is 6.54 Å². The van der Waals surface area contributed by atoms with E-state index in [1.54, 1.807) is 0 Å². The van der Waals surface area contributed by atoms with Crippen molar-refractivity contribution in [3.63, 3.8) is 0 Å². The van der Waals surface area contributed by atoms with E-state index >= 15 is 0 Å². The third kappa shape index (κ3) is 1.86. The normalized spacial score (nSPS) is 17.3. The molecule has 2 rings (SSSR count). The van der Waals surface area contributed by atoms with E-state index in [1.165, 1.54) is 24.8 Å². The van der Waals surface area contributed by atoms with E-state index in [9.17, 15) is 0 Å². The Kier molecular flexibility index (Phi) is 2.42. The molecule has 0 aromatic heterocycles.